The minimum atomic E-state index is 0.257. The Bertz CT molecular complexity index is 662. The van der Waals surface area contributed by atoms with E-state index in [-0.39, 0.29) is 5.92 Å². The molecule has 0 saturated carbocycles. The van der Waals surface area contributed by atoms with Gasteiger partial charge in [0.25, 0.3) is 0 Å². The summed E-state index contributed by atoms with van der Waals surface area (Å²) in [6, 6.07) is 21.0. The number of aromatic nitrogens is 1. The third-order valence-corrected chi connectivity index (χ3v) is 4.07. The van der Waals surface area contributed by atoms with Gasteiger partial charge in [-0.3, -0.25) is 0 Å². The lowest BCUT2D eigenvalue weighted by Crippen LogP contribution is -2.05. The highest BCUT2D eigenvalue weighted by Gasteiger charge is 2.17. The summed E-state index contributed by atoms with van der Waals surface area (Å²) in [4.78, 5) is 4.48. The lowest BCUT2D eigenvalue weighted by molar-refractivity contribution is 0.782. The number of hydrogen-bond acceptors (Lipinski definition) is 3. The molecule has 0 aliphatic rings. The molecule has 2 aromatic carbocycles. The highest BCUT2D eigenvalue weighted by atomic mass is 32.1. The van der Waals surface area contributed by atoms with E-state index in [2.05, 4.69) is 58.9 Å². The van der Waals surface area contributed by atoms with E-state index in [1.165, 1.54) is 22.5 Å². The van der Waals surface area contributed by atoms with Crippen LogP contribution in [0, 0.1) is 0 Å². The first-order chi connectivity index (χ1) is 9.83. The summed E-state index contributed by atoms with van der Waals surface area (Å²) >= 11 is 1.50. The summed E-state index contributed by atoms with van der Waals surface area (Å²) in [6.07, 6.45) is 0.939. The van der Waals surface area contributed by atoms with Crippen molar-refractivity contribution in [2.24, 2.45) is 0 Å². The van der Waals surface area contributed by atoms with Gasteiger partial charge in [0.2, 0.25) is 0 Å². The van der Waals surface area contributed by atoms with Gasteiger partial charge in [0.1, 0.15) is 0 Å². The first-order valence-electron chi connectivity index (χ1n) is 6.62. The maximum atomic E-state index is 5.80. The molecule has 0 aliphatic carbocycles. The Morgan fingerprint density at radius 1 is 0.950 bits per heavy atom. The van der Waals surface area contributed by atoms with Crippen molar-refractivity contribution in [3.63, 3.8) is 0 Å². The second kappa shape index (κ2) is 5.88. The fourth-order valence-electron chi connectivity index (χ4n) is 2.39. The van der Waals surface area contributed by atoms with Crippen molar-refractivity contribution in [3.8, 4) is 0 Å². The van der Waals surface area contributed by atoms with Crippen molar-refractivity contribution in [1.82, 2.24) is 4.98 Å². The summed E-state index contributed by atoms with van der Waals surface area (Å²) in [7, 11) is 0. The predicted octanol–water partition coefficient (Wildman–Crippen LogP) is 4.10. The number of nitrogen functional groups attached to an aromatic ring is 1. The molecule has 0 amide bonds. The van der Waals surface area contributed by atoms with E-state index < -0.39 is 0 Å². The van der Waals surface area contributed by atoms with E-state index >= 15 is 0 Å². The van der Waals surface area contributed by atoms with Crippen LogP contribution in [0.1, 0.15) is 22.7 Å². The van der Waals surface area contributed by atoms with Crippen LogP contribution in [0.4, 0.5) is 5.13 Å². The lowest BCUT2D eigenvalue weighted by Gasteiger charge is -2.15. The minimum absolute atomic E-state index is 0.257. The molecule has 0 saturated heterocycles. The molecule has 100 valence electrons. The Morgan fingerprint density at radius 2 is 1.60 bits per heavy atom. The minimum Gasteiger partial charge on any atom is -0.375 e. The molecule has 1 atom stereocenters. The van der Waals surface area contributed by atoms with Crippen molar-refractivity contribution in [2.45, 2.75) is 12.3 Å². The first kappa shape index (κ1) is 12.9. The van der Waals surface area contributed by atoms with Crippen molar-refractivity contribution < 1.29 is 0 Å². The van der Waals surface area contributed by atoms with Crippen molar-refractivity contribution in [2.75, 3.05) is 5.73 Å². The summed E-state index contributed by atoms with van der Waals surface area (Å²) < 4.78 is 0. The zero-order chi connectivity index (χ0) is 13.8. The van der Waals surface area contributed by atoms with Crippen LogP contribution >= 0.6 is 11.3 Å². The van der Waals surface area contributed by atoms with Crippen molar-refractivity contribution >= 4 is 16.5 Å². The highest BCUT2D eigenvalue weighted by molar-refractivity contribution is 7.13. The molecule has 1 heterocycles. The van der Waals surface area contributed by atoms with Crippen LogP contribution in [0.5, 0.6) is 0 Å². The Morgan fingerprint density at radius 3 is 2.20 bits per heavy atom. The topological polar surface area (TPSA) is 38.9 Å². The molecular formula is C17H16N2S. The van der Waals surface area contributed by atoms with Crippen molar-refractivity contribution in [3.05, 3.63) is 82.9 Å². The van der Waals surface area contributed by atoms with E-state index in [4.69, 9.17) is 5.73 Å². The van der Waals surface area contributed by atoms with E-state index in [1.54, 1.807) is 0 Å². The molecule has 0 fully saturated rings. The quantitative estimate of drug-likeness (QED) is 0.781. The number of nitrogens with two attached hydrogens (primary N) is 1. The average Bonchev–Trinajstić information content (AvgIpc) is 2.93. The molecule has 1 aromatic heterocycles. The van der Waals surface area contributed by atoms with Crippen LogP contribution < -0.4 is 5.73 Å². The van der Waals surface area contributed by atoms with Gasteiger partial charge in [-0.1, -0.05) is 60.7 Å². The van der Waals surface area contributed by atoms with E-state index in [0.29, 0.717) is 5.13 Å². The fourth-order valence-corrected chi connectivity index (χ4v) is 3.01. The van der Waals surface area contributed by atoms with Crippen molar-refractivity contribution in [1.29, 1.82) is 0 Å². The van der Waals surface area contributed by atoms with Gasteiger partial charge < -0.3 is 5.73 Å². The Balaban J connectivity index is 1.96. The smallest absolute Gasteiger partial charge is 0.180 e. The number of hydrogen-bond donors (Lipinski definition) is 1. The first-order valence-corrected chi connectivity index (χ1v) is 7.50. The van der Waals surface area contributed by atoms with Gasteiger partial charge in [-0.05, 0) is 17.5 Å². The Kier molecular flexibility index (Phi) is 3.79. The van der Waals surface area contributed by atoms with E-state index in [0.717, 1.165) is 12.1 Å². The van der Waals surface area contributed by atoms with Gasteiger partial charge in [-0.25, -0.2) is 4.98 Å². The average molecular weight is 280 g/mol. The molecule has 0 radical (unpaired) electrons. The molecular weight excluding hydrogens is 264 g/mol. The maximum absolute atomic E-state index is 5.80. The molecule has 1 unspecified atom stereocenters. The number of rotatable bonds is 4. The monoisotopic (exact) mass is 280 g/mol. The molecule has 20 heavy (non-hydrogen) atoms. The standard InChI is InChI=1S/C17H16N2S/c18-17-19-16(12-20-17)15(14-9-5-2-6-10-14)11-13-7-3-1-4-8-13/h1-10,12,15H,11H2,(H2,18,19). The number of anilines is 1. The summed E-state index contributed by atoms with van der Waals surface area (Å²) in [5.41, 5.74) is 9.45. The third kappa shape index (κ3) is 2.89. The molecule has 3 aromatic rings. The lowest BCUT2D eigenvalue weighted by atomic mass is 9.90. The van der Waals surface area contributed by atoms with Crippen LogP contribution in [0.2, 0.25) is 0 Å². The normalized spacial score (nSPS) is 12.2. The molecule has 0 bridgehead atoms. The summed E-state index contributed by atoms with van der Waals surface area (Å²) in [5.74, 6) is 0.257. The molecule has 3 rings (SSSR count). The van der Waals surface area contributed by atoms with Gasteiger partial charge in [0.05, 0.1) is 5.69 Å². The second-order valence-electron chi connectivity index (χ2n) is 4.76. The van der Waals surface area contributed by atoms with Gasteiger partial charge in [-0.2, -0.15) is 0 Å². The zero-order valence-corrected chi connectivity index (χ0v) is 11.9. The molecule has 2 nitrogen and oxygen atoms in total. The molecule has 2 N–H and O–H groups in total. The SMILES string of the molecule is Nc1nc(C(Cc2ccccc2)c2ccccc2)cs1. The molecule has 3 heteroatoms. The van der Waals surface area contributed by atoms with Crippen LogP contribution in [0.3, 0.4) is 0 Å². The molecule has 0 aliphatic heterocycles. The Hall–Kier alpha value is -2.13. The van der Waals surface area contributed by atoms with Crippen LogP contribution in [-0.2, 0) is 6.42 Å². The predicted molar refractivity (Wildman–Crippen MR) is 85.0 cm³/mol. The fraction of sp³-hybridized carbons (Fsp3) is 0.118. The van der Waals surface area contributed by atoms with E-state index in [1.807, 2.05) is 12.1 Å². The van der Waals surface area contributed by atoms with E-state index in [9.17, 15) is 0 Å². The maximum Gasteiger partial charge on any atom is 0.180 e. The van der Waals surface area contributed by atoms with Crippen LogP contribution in [0.25, 0.3) is 0 Å². The van der Waals surface area contributed by atoms with Gasteiger partial charge in [-0.15, -0.1) is 11.3 Å². The van der Waals surface area contributed by atoms with Gasteiger partial charge in [0, 0.05) is 11.3 Å². The van der Waals surface area contributed by atoms with Gasteiger partial charge in [0.15, 0.2) is 5.13 Å². The van der Waals surface area contributed by atoms with Crippen LogP contribution in [-0.4, -0.2) is 4.98 Å². The zero-order valence-electron chi connectivity index (χ0n) is 11.1. The third-order valence-electron chi connectivity index (χ3n) is 3.38. The summed E-state index contributed by atoms with van der Waals surface area (Å²) in [5, 5.41) is 2.70. The Labute approximate surface area is 122 Å². The number of nitrogens with zero attached hydrogens (tertiary/aromatic N) is 1. The number of benzene rings is 2. The number of thiazole rings is 1. The largest absolute Gasteiger partial charge is 0.375 e. The molecule has 0 spiro atoms. The van der Waals surface area contributed by atoms with Crippen LogP contribution in [0.15, 0.2) is 66.0 Å². The highest BCUT2D eigenvalue weighted by Crippen LogP contribution is 2.30. The second-order valence-corrected chi connectivity index (χ2v) is 5.65. The van der Waals surface area contributed by atoms with Gasteiger partial charge >= 0.3 is 0 Å². The summed E-state index contributed by atoms with van der Waals surface area (Å²) in [6.45, 7) is 0.